The van der Waals surface area contributed by atoms with Gasteiger partial charge in [0.15, 0.2) is 9.84 Å². The average Bonchev–Trinajstić information content (AvgIpc) is 2.29. The Morgan fingerprint density at radius 2 is 1.89 bits per heavy atom. The minimum Gasteiger partial charge on any atom is -0.372 e. The largest absolute Gasteiger partial charge is 0.372 e. The zero-order chi connectivity index (χ0) is 13.3. The lowest BCUT2D eigenvalue weighted by Gasteiger charge is -2.27. The van der Waals surface area contributed by atoms with E-state index in [2.05, 4.69) is 5.32 Å². The molecule has 1 heterocycles. The predicted octanol–water partition coefficient (Wildman–Crippen LogP) is 0.366. The molecule has 1 aromatic rings. The second kappa shape index (κ2) is 4.70. The summed E-state index contributed by atoms with van der Waals surface area (Å²) >= 11 is 0. The van der Waals surface area contributed by atoms with Crippen LogP contribution in [0.15, 0.2) is 29.2 Å². The van der Waals surface area contributed by atoms with E-state index in [9.17, 15) is 18.3 Å². The van der Waals surface area contributed by atoms with Crippen LogP contribution in [0.4, 0.5) is 0 Å². The van der Waals surface area contributed by atoms with Crippen molar-refractivity contribution in [1.82, 2.24) is 5.32 Å². The van der Waals surface area contributed by atoms with Gasteiger partial charge in [0, 0.05) is 6.42 Å². The molecule has 0 spiro atoms. The van der Waals surface area contributed by atoms with Crippen molar-refractivity contribution in [1.29, 1.82) is 0 Å². The van der Waals surface area contributed by atoms with Gasteiger partial charge >= 0.3 is 0 Å². The average molecular weight is 269 g/mol. The third kappa shape index (κ3) is 2.39. The summed E-state index contributed by atoms with van der Waals surface area (Å²) in [6.07, 6.45) is -1.08. The fourth-order valence-corrected chi connectivity index (χ4v) is 3.69. The van der Waals surface area contributed by atoms with Gasteiger partial charge in [-0.15, -0.1) is 0 Å². The van der Waals surface area contributed by atoms with E-state index >= 15 is 0 Å². The van der Waals surface area contributed by atoms with Gasteiger partial charge < -0.3 is 10.4 Å². The molecule has 0 saturated carbocycles. The van der Waals surface area contributed by atoms with Crippen molar-refractivity contribution >= 4 is 15.7 Å². The van der Waals surface area contributed by atoms with Crippen LogP contribution >= 0.6 is 0 Å². The van der Waals surface area contributed by atoms with Crippen LogP contribution in [0.3, 0.4) is 0 Å². The Balaban J connectivity index is 2.31. The Kier molecular flexibility index (Phi) is 3.41. The number of nitrogens with one attached hydrogen (secondary N) is 1. The summed E-state index contributed by atoms with van der Waals surface area (Å²) < 4.78 is 24.6. The Hall–Kier alpha value is -1.40. The molecule has 2 atom stereocenters. The Bertz CT molecular complexity index is 550. The van der Waals surface area contributed by atoms with Gasteiger partial charge in [-0.3, -0.25) is 4.79 Å². The van der Waals surface area contributed by atoms with E-state index in [-0.39, 0.29) is 23.6 Å². The minimum atomic E-state index is -3.62. The number of hydrogen-bond donors (Lipinski definition) is 2. The number of amides is 1. The number of sulfone groups is 1. The summed E-state index contributed by atoms with van der Waals surface area (Å²) in [5, 5.41) is 11.0. The number of aliphatic hydroxyl groups is 1. The molecule has 1 aromatic carbocycles. The molecule has 98 valence electrons. The molecule has 0 bridgehead atoms. The van der Waals surface area contributed by atoms with Crippen LogP contribution in [0.2, 0.25) is 0 Å². The Morgan fingerprint density at radius 1 is 1.28 bits per heavy atom. The van der Waals surface area contributed by atoms with E-state index in [1.54, 1.807) is 12.1 Å². The molecule has 1 saturated heterocycles. The molecule has 5 nitrogen and oxygen atoms in total. The molecule has 0 aromatic heterocycles. The fourth-order valence-electron chi connectivity index (χ4n) is 1.99. The molecule has 6 heteroatoms. The highest BCUT2D eigenvalue weighted by Gasteiger charge is 2.37. The van der Waals surface area contributed by atoms with Gasteiger partial charge in [-0.25, -0.2) is 8.42 Å². The molecule has 1 fully saturated rings. The highest BCUT2D eigenvalue weighted by molar-refractivity contribution is 7.92. The number of carbonyl (C=O) groups is 1. The third-order valence-corrected chi connectivity index (χ3v) is 5.28. The topological polar surface area (TPSA) is 83.5 Å². The van der Waals surface area contributed by atoms with Crippen molar-refractivity contribution in [2.75, 3.05) is 0 Å². The van der Waals surface area contributed by atoms with Crippen LogP contribution in [0.5, 0.6) is 0 Å². The van der Waals surface area contributed by atoms with Gasteiger partial charge in [0.1, 0.15) is 11.5 Å². The van der Waals surface area contributed by atoms with Gasteiger partial charge in [-0.05, 0) is 25.5 Å². The maximum Gasteiger partial charge on any atom is 0.222 e. The van der Waals surface area contributed by atoms with Crippen LogP contribution in [-0.2, 0) is 14.6 Å². The molecule has 1 aliphatic heterocycles. The van der Waals surface area contributed by atoms with Gasteiger partial charge in [0.25, 0.3) is 0 Å². The first kappa shape index (κ1) is 13.0. The summed E-state index contributed by atoms with van der Waals surface area (Å²) in [6, 6.07) is 6.46. The molecule has 18 heavy (non-hydrogen) atoms. The second-order valence-electron chi connectivity index (χ2n) is 4.45. The maximum absolute atomic E-state index is 12.3. The SMILES string of the molecule is Cc1ccc(S(=O)(=O)C2CCC(=O)NC2O)cc1. The number of benzene rings is 1. The van der Waals surface area contributed by atoms with Crippen LogP contribution in [0.25, 0.3) is 0 Å². The van der Waals surface area contributed by atoms with Crippen molar-refractivity contribution < 1.29 is 18.3 Å². The number of rotatable bonds is 2. The number of carbonyl (C=O) groups excluding carboxylic acids is 1. The van der Waals surface area contributed by atoms with Gasteiger partial charge in [0.05, 0.1) is 4.90 Å². The zero-order valence-electron chi connectivity index (χ0n) is 9.96. The van der Waals surface area contributed by atoms with E-state index in [1.807, 2.05) is 6.92 Å². The number of aryl methyl sites for hydroxylation is 1. The van der Waals surface area contributed by atoms with Gasteiger partial charge in [-0.2, -0.15) is 0 Å². The van der Waals surface area contributed by atoms with Crippen LogP contribution in [-0.4, -0.2) is 30.9 Å². The standard InChI is InChI=1S/C12H15NO4S/c1-8-2-4-9(5-3-8)18(16,17)10-6-7-11(14)13-12(10)15/h2-5,10,12,15H,6-7H2,1H3,(H,13,14). The molecule has 0 radical (unpaired) electrons. The maximum atomic E-state index is 12.3. The molecule has 1 amide bonds. The molecule has 2 unspecified atom stereocenters. The fraction of sp³-hybridized carbons (Fsp3) is 0.417. The van der Waals surface area contributed by atoms with E-state index in [4.69, 9.17) is 0 Å². The Labute approximate surface area is 106 Å². The monoisotopic (exact) mass is 269 g/mol. The van der Waals surface area contributed by atoms with Crippen molar-refractivity contribution in [3.8, 4) is 0 Å². The lowest BCUT2D eigenvalue weighted by molar-refractivity contribution is -0.126. The summed E-state index contributed by atoms with van der Waals surface area (Å²) in [5.41, 5.74) is 0.964. The summed E-state index contributed by atoms with van der Waals surface area (Å²) in [6.45, 7) is 1.87. The number of hydrogen-bond acceptors (Lipinski definition) is 4. The summed E-state index contributed by atoms with van der Waals surface area (Å²) in [4.78, 5) is 11.2. The smallest absolute Gasteiger partial charge is 0.222 e. The van der Waals surface area contributed by atoms with E-state index in [0.717, 1.165) is 5.56 Å². The first-order chi connectivity index (χ1) is 8.41. The van der Waals surface area contributed by atoms with E-state index < -0.39 is 21.3 Å². The summed E-state index contributed by atoms with van der Waals surface area (Å²) in [5.74, 6) is -0.321. The lowest BCUT2D eigenvalue weighted by Crippen LogP contribution is -2.51. The van der Waals surface area contributed by atoms with Gasteiger partial charge in [0.2, 0.25) is 5.91 Å². The lowest BCUT2D eigenvalue weighted by atomic mass is 10.1. The second-order valence-corrected chi connectivity index (χ2v) is 6.61. The first-order valence-electron chi connectivity index (χ1n) is 5.69. The van der Waals surface area contributed by atoms with Crippen LogP contribution < -0.4 is 5.32 Å². The van der Waals surface area contributed by atoms with Crippen molar-refractivity contribution in [3.05, 3.63) is 29.8 Å². The van der Waals surface area contributed by atoms with Crippen molar-refractivity contribution in [2.45, 2.75) is 36.1 Å². The molecular formula is C12H15NO4S. The zero-order valence-corrected chi connectivity index (χ0v) is 10.8. The normalized spacial score (nSPS) is 24.7. The number of aliphatic hydroxyl groups excluding tert-OH is 1. The van der Waals surface area contributed by atoms with Crippen LogP contribution in [0, 0.1) is 6.92 Å². The van der Waals surface area contributed by atoms with Crippen molar-refractivity contribution in [2.24, 2.45) is 0 Å². The number of piperidine rings is 1. The van der Waals surface area contributed by atoms with E-state index in [1.165, 1.54) is 12.1 Å². The minimum absolute atomic E-state index is 0.118. The highest BCUT2D eigenvalue weighted by atomic mass is 32.2. The predicted molar refractivity (Wildman–Crippen MR) is 65.5 cm³/mol. The quantitative estimate of drug-likeness (QED) is 0.812. The Morgan fingerprint density at radius 3 is 2.44 bits per heavy atom. The molecule has 2 N–H and O–H groups in total. The molecule has 0 aliphatic carbocycles. The first-order valence-corrected chi connectivity index (χ1v) is 7.24. The van der Waals surface area contributed by atoms with Gasteiger partial charge in [-0.1, -0.05) is 17.7 Å². The molecule has 2 rings (SSSR count). The van der Waals surface area contributed by atoms with Crippen LogP contribution in [0.1, 0.15) is 18.4 Å². The summed E-state index contributed by atoms with van der Waals surface area (Å²) in [7, 11) is -3.62. The van der Waals surface area contributed by atoms with E-state index in [0.29, 0.717) is 0 Å². The van der Waals surface area contributed by atoms with Crippen molar-refractivity contribution in [3.63, 3.8) is 0 Å². The third-order valence-electron chi connectivity index (χ3n) is 3.07. The highest BCUT2D eigenvalue weighted by Crippen LogP contribution is 2.24. The molecule has 1 aliphatic rings. The molecular weight excluding hydrogens is 254 g/mol.